The van der Waals surface area contributed by atoms with Gasteiger partial charge in [-0.1, -0.05) is 23.7 Å². The Bertz CT molecular complexity index is 902. The molecule has 26 heavy (non-hydrogen) atoms. The molecule has 0 aliphatic heterocycles. The second-order valence-electron chi connectivity index (χ2n) is 5.25. The predicted molar refractivity (Wildman–Crippen MR) is 98.4 cm³/mol. The van der Waals surface area contributed by atoms with Crippen molar-refractivity contribution in [3.8, 4) is 6.07 Å². The van der Waals surface area contributed by atoms with Crippen LogP contribution >= 0.6 is 11.6 Å². The van der Waals surface area contributed by atoms with Gasteiger partial charge in [0.05, 0.1) is 16.3 Å². The molecule has 0 aliphatic carbocycles. The molecule has 132 valence electrons. The summed E-state index contributed by atoms with van der Waals surface area (Å²) in [6.07, 6.45) is 1.28. The topological polar surface area (TPSA) is 128 Å². The van der Waals surface area contributed by atoms with Crippen LogP contribution < -0.4 is 16.4 Å². The van der Waals surface area contributed by atoms with Crippen LogP contribution in [0.3, 0.4) is 0 Å². The molecule has 2 rings (SSSR count). The Morgan fingerprint density at radius 3 is 2.50 bits per heavy atom. The van der Waals surface area contributed by atoms with Gasteiger partial charge in [0.1, 0.15) is 11.6 Å². The highest BCUT2D eigenvalue weighted by atomic mass is 35.5. The number of rotatable bonds is 6. The Kier molecular flexibility index (Phi) is 6.20. The summed E-state index contributed by atoms with van der Waals surface area (Å²) in [4.78, 5) is 22.9. The smallest absolute Gasteiger partial charge is 0.335 e. The van der Waals surface area contributed by atoms with Gasteiger partial charge in [-0.15, -0.1) is 0 Å². The number of halogens is 1. The molecule has 0 saturated heterocycles. The minimum Gasteiger partial charge on any atom is -0.478 e. The number of anilines is 2. The number of carboxylic acids is 1. The van der Waals surface area contributed by atoms with Crippen molar-refractivity contribution < 1.29 is 14.7 Å². The fourth-order valence-electron chi connectivity index (χ4n) is 2.01. The van der Waals surface area contributed by atoms with E-state index in [1.54, 1.807) is 30.3 Å². The van der Waals surface area contributed by atoms with Crippen LogP contribution in [0.5, 0.6) is 0 Å². The van der Waals surface area contributed by atoms with Crippen molar-refractivity contribution in [3.05, 3.63) is 70.4 Å². The zero-order chi connectivity index (χ0) is 19.1. The largest absolute Gasteiger partial charge is 0.478 e. The lowest BCUT2D eigenvalue weighted by Gasteiger charge is -2.08. The summed E-state index contributed by atoms with van der Waals surface area (Å²) in [5.74, 6) is -1.62. The summed E-state index contributed by atoms with van der Waals surface area (Å²) >= 11 is 5.99. The van der Waals surface area contributed by atoms with Crippen LogP contribution in [0.25, 0.3) is 0 Å². The molecule has 0 aliphatic rings. The van der Waals surface area contributed by atoms with E-state index in [-0.39, 0.29) is 16.2 Å². The lowest BCUT2D eigenvalue weighted by Crippen LogP contribution is -2.17. The number of nitrogen functional groups attached to an aromatic ring is 1. The average Bonchev–Trinajstić information content (AvgIpc) is 2.61. The molecule has 0 heterocycles. The second-order valence-corrected chi connectivity index (χ2v) is 5.65. The summed E-state index contributed by atoms with van der Waals surface area (Å²) in [7, 11) is 0. The first-order chi connectivity index (χ1) is 12.4. The fourth-order valence-corrected chi connectivity index (χ4v) is 2.24. The van der Waals surface area contributed by atoms with Gasteiger partial charge in [-0.3, -0.25) is 4.79 Å². The average molecular weight is 371 g/mol. The van der Waals surface area contributed by atoms with E-state index in [1.807, 2.05) is 0 Å². The van der Waals surface area contributed by atoms with Crippen LogP contribution in [-0.4, -0.2) is 17.0 Å². The normalized spacial score (nSPS) is 10.7. The number of nitrogens with zero attached hydrogens (tertiary/aromatic N) is 1. The van der Waals surface area contributed by atoms with Crippen molar-refractivity contribution in [2.45, 2.75) is 6.54 Å². The SMILES string of the molecule is N#C/C(=C/NCc1ccc(C(=O)O)cc1)C(=O)Nc1ccc(N)cc1Cl. The van der Waals surface area contributed by atoms with Crippen molar-refractivity contribution in [2.24, 2.45) is 0 Å². The number of benzene rings is 2. The first kappa shape index (κ1) is 18.8. The molecule has 0 saturated carbocycles. The van der Waals surface area contributed by atoms with E-state index < -0.39 is 11.9 Å². The monoisotopic (exact) mass is 370 g/mol. The second kappa shape index (κ2) is 8.55. The third kappa shape index (κ3) is 5.00. The van der Waals surface area contributed by atoms with Crippen molar-refractivity contribution in [1.29, 1.82) is 5.26 Å². The number of carbonyl (C=O) groups is 2. The Balaban J connectivity index is 1.99. The Hall–Kier alpha value is -3.50. The zero-order valence-corrected chi connectivity index (χ0v) is 14.2. The predicted octanol–water partition coefficient (Wildman–Crippen LogP) is 2.76. The highest BCUT2D eigenvalue weighted by Gasteiger charge is 2.11. The number of hydrogen-bond donors (Lipinski definition) is 4. The van der Waals surface area contributed by atoms with Gasteiger partial charge in [-0.2, -0.15) is 5.26 Å². The molecule has 5 N–H and O–H groups in total. The quantitative estimate of drug-likeness (QED) is 0.351. The minimum absolute atomic E-state index is 0.139. The molecule has 1 amide bonds. The molecule has 2 aromatic carbocycles. The molecule has 0 aromatic heterocycles. The minimum atomic E-state index is -1.01. The molecular weight excluding hydrogens is 356 g/mol. The number of nitrogens with two attached hydrogens (primary N) is 1. The molecular formula is C18H15ClN4O3. The summed E-state index contributed by atoms with van der Waals surface area (Å²) in [6.45, 7) is 0.320. The Morgan fingerprint density at radius 1 is 1.23 bits per heavy atom. The van der Waals surface area contributed by atoms with Gasteiger partial charge in [0.2, 0.25) is 0 Å². The maximum atomic E-state index is 12.1. The van der Waals surface area contributed by atoms with Gasteiger partial charge < -0.3 is 21.5 Å². The molecule has 2 aromatic rings. The number of aromatic carboxylic acids is 1. The van der Waals surface area contributed by atoms with Crippen LogP contribution in [0.15, 0.2) is 54.2 Å². The van der Waals surface area contributed by atoms with E-state index in [0.29, 0.717) is 17.9 Å². The van der Waals surface area contributed by atoms with E-state index in [9.17, 15) is 9.59 Å². The van der Waals surface area contributed by atoms with Crippen LogP contribution in [0.2, 0.25) is 5.02 Å². The van der Waals surface area contributed by atoms with Crippen molar-refractivity contribution in [3.63, 3.8) is 0 Å². The highest BCUT2D eigenvalue weighted by molar-refractivity contribution is 6.34. The standard InChI is InChI=1S/C18H15ClN4O3/c19-15-7-14(21)5-6-16(15)23-17(24)13(8-20)10-22-9-11-1-3-12(4-2-11)18(25)26/h1-7,10,22H,9,21H2,(H,23,24)(H,25,26)/b13-10-. The van der Waals surface area contributed by atoms with E-state index in [2.05, 4.69) is 10.6 Å². The maximum Gasteiger partial charge on any atom is 0.335 e. The van der Waals surface area contributed by atoms with Crippen molar-refractivity contribution in [2.75, 3.05) is 11.1 Å². The Labute approximate surface area is 154 Å². The molecule has 0 unspecified atom stereocenters. The number of hydrogen-bond acceptors (Lipinski definition) is 5. The lowest BCUT2D eigenvalue weighted by atomic mass is 10.1. The fraction of sp³-hybridized carbons (Fsp3) is 0.0556. The number of nitrogens with one attached hydrogen (secondary N) is 2. The van der Waals surface area contributed by atoms with Crippen molar-refractivity contribution >= 4 is 34.9 Å². The van der Waals surface area contributed by atoms with Gasteiger partial charge in [-0.25, -0.2) is 4.79 Å². The maximum absolute atomic E-state index is 12.1. The first-order valence-electron chi connectivity index (χ1n) is 7.43. The van der Waals surface area contributed by atoms with Crippen molar-refractivity contribution in [1.82, 2.24) is 5.32 Å². The number of carbonyl (C=O) groups excluding carboxylic acids is 1. The molecule has 8 heteroatoms. The summed E-state index contributed by atoms with van der Waals surface area (Å²) in [6, 6.07) is 12.7. The van der Waals surface area contributed by atoms with Crippen LogP contribution in [0.4, 0.5) is 11.4 Å². The molecule has 0 radical (unpaired) electrons. The molecule has 7 nitrogen and oxygen atoms in total. The van der Waals surface area contributed by atoms with Crippen LogP contribution in [-0.2, 0) is 11.3 Å². The van der Waals surface area contributed by atoms with Crippen LogP contribution in [0.1, 0.15) is 15.9 Å². The first-order valence-corrected chi connectivity index (χ1v) is 7.80. The Morgan fingerprint density at radius 2 is 1.92 bits per heavy atom. The van der Waals surface area contributed by atoms with Gasteiger partial charge in [0, 0.05) is 18.4 Å². The lowest BCUT2D eigenvalue weighted by molar-refractivity contribution is -0.112. The molecule has 0 fully saturated rings. The number of carboxylic acid groups (broad SMARTS) is 1. The summed E-state index contributed by atoms with van der Waals surface area (Å²) in [5, 5.41) is 23.6. The van der Waals surface area contributed by atoms with Gasteiger partial charge in [0.25, 0.3) is 5.91 Å². The summed E-state index contributed by atoms with van der Waals surface area (Å²) < 4.78 is 0. The molecule has 0 atom stereocenters. The third-order valence-corrected chi connectivity index (χ3v) is 3.67. The zero-order valence-electron chi connectivity index (χ0n) is 13.5. The number of nitriles is 1. The number of amides is 1. The van der Waals surface area contributed by atoms with Gasteiger partial charge in [-0.05, 0) is 35.9 Å². The highest BCUT2D eigenvalue weighted by Crippen LogP contribution is 2.24. The van der Waals surface area contributed by atoms with Gasteiger partial charge in [0.15, 0.2) is 0 Å². The van der Waals surface area contributed by atoms with Crippen LogP contribution in [0, 0.1) is 11.3 Å². The van der Waals surface area contributed by atoms with E-state index in [1.165, 1.54) is 24.4 Å². The third-order valence-electron chi connectivity index (χ3n) is 3.36. The van der Waals surface area contributed by atoms with E-state index in [4.69, 9.17) is 27.7 Å². The van der Waals surface area contributed by atoms with E-state index in [0.717, 1.165) is 5.56 Å². The molecule has 0 spiro atoms. The van der Waals surface area contributed by atoms with Gasteiger partial charge >= 0.3 is 5.97 Å². The summed E-state index contributed by atoms with van der Waals surface area (Å²) in [5.41, 5.74) is 7.23. The molecule has 0 bridgehead atoms. The van der Waals surface area contributed by atoms with E-state index >= 15 is 0 Å².